The van der Waals surface area contributed by atoms with Gasteiger partial charge < -0.3 is 15.2 Å². The lowest BCUT2D eigenvalue weighted by Gasteiger charge is -2.37. The fraction of sp³-hybridized carbons (Fsp3) is 0.650. The van der Waals surface area contributed by atoms with E-state index in [2.05, 4.69) is 10.0 Å². The number of benzene rings is 1. The highest BCUT2D eigenvalue weighted by atomic mass is 32.2. The molecule has 1 aliphatic carbocycles. The Hall–Kier alpha value is -1.48. The largest absolute Gasteiger partial charge is 0.394 e. The van der Waals surface area contributed by atoms with Gasteiger partial charge in [-0.05, 0) is 50.7 Å². The topological polar surface area (TPSA) is 105 Å². The van der Waals surface area contributed by atoms with E-state index in [0.29, 0.717) is 12.0 Å². The number of hydrogen-bond acceptors (Lipinski definition) is 5. The van der Waals surface area contributed by atoms with E-state index in [4.69, 9.17) is 4.74 Å². The van der Waals surface area contributed by atoms with Crippen LogP contribution in [0, 0.1) is 12.8 Å². The van der Waals surface area contributed by atoms with Crippen molar-refractivity contribution in [3.05, 3.63) is 29.8 Å². The molecule has 3 rings (SSSR count). The second-order valence-corrected chi connectivity index (χ2v) is 9.49. The number of ether oxygens (including phenoxy) is 1. The Morgan fingerprint density at radius 1 is 1.21 bits per heavy atom. The molecule has 1 saturated carbocycles. The van der Waals surface area contributed by atoms with Crippen molar-refractivity contribution in [3.63, 3.8) is 0 Å². The maximum atomic E-state index is 12.4. The van der Waals surface area contributed by atoms with Crippen LogP contribution in [0.15, 0.2) is 29.2 Å². The summed E-state index contributed by atoms with van der Waals surface area (Å²) >= 11 is 0. The third-order valence-electron chi connectivity index (χ3n) is 5.74. The summed E-state index contributed by atoms with van der Waals surface area (Å²) < 4.78 is 33.4. The fourth-order valence-corrected chi connectivity index (χ4v) is 5.06. The van der Waals surface area contributed by atoms with Crippen LogP contribution in [0.25, 0.3) is 0 Å². The summed E-state index contributed by atoms with van der Waals surface area (Å²) in [5.74, 6) is 0.163. The first-order valence-corrected chi connectivity index (χ1v) is 11.5. The highest BCUT2D eigenvalue weighted by Crippen LogP contribution is 2.28. The molecule has 8 heteroatoms. The zero-order valence-electron chi connectivity index (χ0n) is 16.3. The molecule has 7 nitrogen and oxygen atoms in total. The second kappa shape index (κ2) is 9.35. The maximum Gasteiger partial charge on any atom is 0.240 e. The average molecular weight is 411 g/mol. The molecule has 0 radical (unpaired) electrons. The first kappa shape index (κ1) is 21.2. The SMILES string of the molecule is Cc1ccccc1S(=O)(=O)NCC[C@@H]1CC[C@@H](NC(=O)C2CCC2)[C@@H](CO)O1. The molecule has 0 unspecified atom stereocenters. The van der Waals surface area contributed by atoms with E-state index < -0.39 is 16.1 Å². The quantitative estimate of drug-likeness (QED) is 0.602. The van der Waals surface area contributed by atoms with E-state index in [1.165, 1.54) is 0 Å². The van der Waals surface area contributed by atoms with E-state index in [-0.39, 0.29) is 42.0 Å². The minimum absolute atomic E-state index is 0.0581. The second-order valence-electron chi connectivity index (χ2n) is 7.75. The Morgan fingerprint density at radius 2 is 1.96 bits per heavy atom. The van der Waals surface area contributed by atoms with Gasteiger partial charge in [-0.3, -0.25) is 4.79 Å². The number of sulfonamides is 1. The highest BCUT2D eigenvalue weighted by molar-refractivity contribution is 7.89. The Bertz CT molecular complexity index is 779. The van der Waals surface area contributed by atoms with Crippen LogP contribution in [0.5, 0.6) is 0 Å². The Kier molecular flexibility index (Phi) is 7.09. The van der Waals surface area contributed by atoms with E-state index in [9.17, 15) is 18.3 Å². The average Bonchev–Trinajstić information content (AvgIpc) is 2.61. The van der Waals surface area contributed by atoms with Crippen LogP contribution < -0.4 is 10.0 Å². The number of nitrogens with one attached hydrogen (secondary N) is 2. The molecule has 1 amide bonds. The molecule has 156 valence electrons. The Labute approximate surface area is 166 Å². The van der Waals surface area contributed by atoms with Crippen molar-refractivity contribution in [2.45, 2.75) is 68.6 Å². The van der Waals surface area contributed by atoms with Crippen LogP contribution in [0.2, 0.25) is 0 Å². The molecule has 1 heterocycles. The first-order chi connectivity index (χ1) is 13.4. The normalized spacial score (nSPS) is 25.9. The van der Waals surface area contributed by atoms with Gasteiger partial charge in [0.05, 0.1) is 23.6 Å². The maximum absolute atomic E-state index is 12.4. The molecule has 3 N–H and O–H groups in total. The lowest BCUT2D eigenvalue weighted by Crippen LogP contribution is -2.53. The van der Waals surface area contributed by atoms with Gasteiger partial charge in [-0.15, -0.1) is 0 Å². The van der Waals surface area contributed by atoms with Gasteiger partial charge in [-0.1, -0.05) is 24.6 Å². The minimum atomic E-state index is -3.56. The molecule has 1 aromatic carbocycles. The number of rotatable bonds is 8. The number of carbonyl (C=O) groups excluding carboxylic acids is 1. The summed E-state index contributed by atoms with van der Waals surface area (Å²) in [5, 5.41) is 12.7. The van der Waals surface area contributed by atoms with Gasteiger partial charge >= 0.3 is 0 Å². The fourth-order valence-electron chi connectivity index (χ4n) is 3.77. The van der Waals surface area contributed by atoms with Gasteiger partial charge in [0.25, 0.3) is 0 Å². The summed E-state index contributed by atoms with van der Waals surface area (Å²) in [6, 6.07) is 6.68. The van der Waals surface area contributed by atoms with Crippen LogP contribution in [0.3, 0.4) is 0 Å². The standard InChI is InChI=1S/C20H30N2O5S/c1-14-5-2-3-8-19(14)28(25,26)21-12-11-16-9-10-17(18(13-23)27-16)22-20(24)15-6-4-7-15/h2-3,5,8,15-18,21,23H,4,6-7,9-13H2,1H3,(H,22,24)/t16-,17+,18+/m0/s1. The summed E-state index contributed by atoms with van der Waals surface area (Å²) in [6.45, 7) is 1.86. The summed E-state index contributed by atoms with van der Waals surface area (Å²) in [5.41, 5.74) is 0.703. The van der Waals surface area contributed by atoms with Gasteiger partial charge in [-0.2, -0.15) is 0 Å². The minimum Gasteiger partial charge on any atom is -0.394 e. The third kappa shape index (κ3) is 5.11. The van der Waals surface area contributed by atoms with Crippen molar-refractivity contribution < 1.29 is 23.1 Å². The zero-order valence-corrected chi connectivity index (χ0v) is 17.1. The van der Waals surface area contributed by atoms with Crippen molar-refractivity contribution in [1.29, 1.82) is 0 Å². The number of hydrogen-bond donors (Lipinski definition) is 3. The third-order valence-corrected chi connectivity index (χ3v) is 7.36. The highest BCUT2D eigenvalue weighted by Gasteiger charge is 2.34. The molecule has 1 saturated heterocycles. The number of amides is 1. The molecule has 1 aliphatic heterocycles. The number of carbonyl (C=O) groups is 1. The lowest BCUT2D eigenvalue weighted by molar-refractivity contribution is -0.134. The lowest BCUT2D eigenvalue weighted by atomic mass is 9.84. The van der Waals surface area contributed by atoms with Crippen molar-refractivity contribution in [1.82, 2.24) is 10.0 Å². The van der Waals surface area contributed by atoms with Gasteiger partial charge in [-0.25, -0.2) is 13.1 Å². The van der Waals surface area contributed by atoms with Gasteiger partial charge in [0.1, 0.15) is 6.10 Å². The summed E-state index contributed by atoms with van der Waals surface area (Å²) in [4.78, 5) is 12.4. The molecule has 3 atom stereocenters. The van der Waals surface area contributed by atoms with Gasteiger partial charge in [0, 0.05) is 12.5 Å². The van der Waals surface area contributed by atoms with Crippen molar-refractivity contribution >= 4 is 15.9 Å². The van der Waals surface area contributed by atoms with Crippen LogP contribution >= 0.6 is 0 Å². The van der Waals surface area contributed by atoms with E-state index in [0.717, 1.165) is 32.1 Å². The number of aliphatic hydroxyl groups excluding tert-OH is 1. The molecular formula is C20H30N2O5S. The molecular weight excluding hydrogens is 380 g/mol. The smallest absolute Gasteiger partial charge is 0.240 e. The summed E-state index contributed by atoms with van der Waals surface area (Å²) in [6.07, 6.45) is 4.34. The molecule has 2 fully saturated rings. The van der Waals surface area contributed by atoms with E-state index in [1.54, 1.807) is 31.2 Å². The van der Waals surface area contributed by atoms with E-state index >= 15 is 0 Å². The molecule has 0 aromatic heterocycles. The number of aryl methyl sites for hydroxylation is 1. The predicted octanol–water partition coefficient (Wildman–Crippen LogP) is 1.49. The van der Waals surface area contributed by atoms with Crippen LogP contribution in [0.1, 0.15) is 44.1 Å². The first-order valence-electron chi connectivity index (χ1n) is 10.0. The van der Waals surface area contributed by atoms with Crippen LogP contribution in [-0.2, 0) is 19.6 Å². The number of aliphatic hydroxyl groups is 1. The zero-order chi connectivity index (χ0) is 20.1. The molecule has 1 aromatic rings. The Morgan fingerprint density at radius 3 is 2.61 bits per heavy atom. The monoisotopic (exact) mass is 410 g/mol. The van der Waals surface area contributed by atoms with Crippen molar-refractivity contribution in [3.8, 4) is 0 Å². The van der Waals surface area contributed by atoms with Gasteiger partial charge in [0.15, 0.2) is 0 Å². The van der Waals surface area contributed by atoms with Crippen LogP contribution in [0.4, 0.5) is 0 Å². The van der Waals surface area contributed by atoms with Crippen molar-refractivity contribution in [2.24, 2.45) is 5.92 Å². The Balaban J connectivity index is 1.47. The predicted molar refractivity (Wildman–Crippen MR) is 105 cm³/mol. The molecule has 2 aliphatic rings. The van der Waals surface area contributed by atoms with Crippen LogP contribution in [-0.4, -0.2) is 50.8 Å². The van der Waals surface area contributed by atoms with Crippen molar-refractivity contribution in [2.75, 3.05) is 13.2 Å². The summed E-state index contributed by atoms with van der Waals surface area (Å²) in [7, 11) is -3.56. The van der Waals surface area contributed by atoms with Gasteiger partial charge in [0.2, 0.25) is 15.9 Å². The molecule has 0 spiro atoms. The van der Waals surface area contributed by atoms with E-state index in [1.807, 2.05) is 0 Å². The molecule has 0 bridgehead atoms. The molecule has 28 heavy (non-hydrogen) atoms.